The number of esters is 1. The second-order valence-electron chi connectivity index (χ2n) is 5.51. The molecule has 2 rings (SSSR count). The van der Waals surface area contributed by atoms with Crippen LogP contribution in [-0.2, 0) is 16.0 Å². The van der Waals surface area contributed by atoms with E-state index in [2.05, 4.69) is 5.32 Å². The highest BCUT2D eigenvalue weighted by atomic mass is 19.1. The van der Waals surface area contributed by atoms with E-state index in [-0.39, 0.29) is 11.8 Å². The summed E-state index contributed by atoms with van der Waals surface area (Å²) in [6.45, 7) is 6.15. The summed E-state index contributed by atoms with van der Waals surface area (Å²) in [5, 5.41) is 3.12. The first-order valence-corrected chi connectivity index (χ1v) is 6.11. The molecule has 1 aliphatic heterocycles. The van der Waals surface area contributed by atoms with Crippen molar-refractivity contribution in [2.75, 3.05) is 6.54 Å². The molecule has 1 aliphatic rings. The summed E-state index contributed by atoms with van der Waals surface area (Å²) < 4.78 is 18.5. The Bertz CT molecular complexity index is 465. The smallest absolute Gasteiger partial charge is 0.328 e. The minimum absolute atomic E-state index is 0.265. The van der Waals surface area contributed by atoms with Crippen LogP contribution in [0.25, 0.3) is 0 Å². The molecular formula is C14H18FNO2. The van der Waals surface area contributed by atoms with Gasteiger partial charge in [0.05, 0.1) is 0 Å². The summed E-state index contributed by atoms with van der Waals surface area (Å²) in [4.78, 5) is 12.1. The van der Waals surface area contributed by atoms with E-state index in [0.717, 1.165) is 17.5 Å². The van der Waals surface area contributed by atoms with Crippen LogP contribution >= 0.6 is 0 Å². The Morgan fingerprint density at radius 3 is 2.83 bits per heavy atom. The highest BCUT2D eigenvalue weighted by molar-refractivity contribution is 5.79. The second-order valence-corrected chi connectivity index (χ2v) is 5.51. The lowest BCUT2D eigenvalue weighted by atomic mass is 9.94. The molecule has 0 radical (unpaired) electrons. The van der Waals surface area contributed by atoms with Gasteiger partial charge in [0.25, 0.3) is 0 Å². The summed E-state index contributed by atoms with van der Waals surface area (Å²) in [5.74, 6) is -0.575. The van der Waals surface area contributed by atoms with E-state index in [1.54, 1.807) is 6.07 Å². The predicted octanol–water partition coefficient (Wildman–Crippen LogP) is 2.35. The van der Waals surface area contributed by atoms with Crippen molar-refractivity contribution in [1.29, 1.82) is 0 Å². The van der Waals surface area contributed by atoms with Crippen molar-refractivity contribution in [3.63, 3.8) is 0 Å². The number of hydrogen-bond acceptors (Lipinski definition) is 3. The molecule has 0 amide bonds. The fourth-order valence-electron chi connectivity index (χ4n) is 2.10. The molecule has 0 unspecified atom stereocenters. The van der Waals surface area contributed by atoms with Crippen LogP contribution in [0, 0.1) is 5.82 Å². The lowest BCUT2D eigenvalue weighted by Crippen LogP contribution is -2.39. The van der Waals surface area contributed by atoms with Gasteiger partial charge in [-0.1, -0.05) is 6.07 Å². The van der Waals surface area contributed by atoms with Crippen molar-refractivity contribution in [2.24, 2.45) is 0 Å². The minimum Gasteiger partial charge on any atom is -0.459 e. The van der Waals surface area contributed by atoms with Gasteiger partial charge in [-0.2, -0.15) is 0 Å². The van der Waals surface area contributed by atoms with E-state index in [9.17, 15) is 9.18 Å². The Labute approximate surface area is 106 Å². The van der Waals surface area contributed by atoms with Crippen molar-refractivity contribution in [3.8, 4) is 0 Å². The zero-order valence-corrected chi connectivity index (χ0v) is 10.9. The van der Waals surface area contributed by atoms with E-state index >= 15 is 0 Å². The average Bonchev–Trinajstić information content (AvgIpc) is 2.25. The van der Waals surface area contributed by atoms with E-state index in [1.165, 1.54) is 12.1 Å². The highest BCUT2D eigenvalue weighted by Crippen LogP contribution is 2.26. The molecular weight excluding hydrogens is 233 g/mol. The first-order chi connectivity index (χ1) is 8.37. The molecule has 98 valence electrons. The molecule has 18 heavy (non-hydrogen) atoms. The number of carbonyl (C=O) groups is 1. The number of ether oxygens (including phenoxy) is 1. The van der Waals surface area contributed by atoms with E-state index < -0.39 is 11.6 Å². The number of halogens is 1. The summed E-state index contributed by atoms with van der Waals surface area (Å²) >= 11 is 0. The van der Waals surface area contributed by atoms with Crippen LogP contribution in [0.15, 0.2) is 18.2 Å². The molecule has 1 atom stereocenters. The van der Waals surface area contributed by atoms with Gasteiger partial charge in [-0.3, -0.25) is 0 Å². The van der Waals surface area contributed by atoms with Crippen molar-refractivity contribution in [3.05, 3.63) is 35.1 Å². The molecule has 0 spiro atoms. The van der Waals surface area contributed by atoms with Gasteiger partial charge in [0.2, 0.25) is 0 Å². The van der Waals surface area contributed by atoms with Gasteiger partial charge in [0.1, 0.15) is 17.5 Å². The van der Waals surface area contributed by atoms with Gasteiger partial charge in [-0.25, -0.2) is 9.18 Å². The Kier molecular flexibility index (Phi) is 3.39. The summed E-state index contributed by atoms with van der Waals surface area (Å²) in [5.41, 5.74) is 1.18. The topological polar surface area (TPSA) is 38.3 Å². The Balaban J connectivity index is 2.25. The highest BCUT2D eigenvalue weighted by Gasteiger charge is 2.30. The third-order valence-corrected chi connectivity index (χ3v) is 2.80. The fourth-order valence-corrected chi connectivity index (χ4v) is 2.10. The van der Waals surface area contributed by atoms with Crippen LogP contribution in [0.5, 0.6) is 0 Å². The van der Waals surface area contributed by atoms with E-state index in [4.69, 9.17) is 4.74 Å². The van der Waals surface area contributed by atoms with Gasteiger partial charge >= 0.3 is 5.97 Å². The van der Waals surface area contributed by atoms with Crippen LogP contribution in [0.1, 0.15) is 37.9 Å². The fraction of sp³-hybridized carbons (Fsp3) is 0.500. The zero-order valence-electron chi connectivity index (χ0n) is 10.9. The van der Waals surface area contributed by atoms with Gasteiger partial charge in [-0.05, 0) is 50.5 Å². The lowest BCUT2D eigenvalue weighted by molar-refractivity contribution is -0.157. The maximum atomic E-state index is 13.2. The molecule has 0 aliphatic carbocycles. The van der Waals surface area contributed by atoms with Gasteiger partial charge in [0.15, 0.2) is 0 Å². The van der Waals surface area contributed by atoms with Crippen LogP contribution in [-0.4, -0.2) is 18.1 Å². The third kappa shape index (κ3) is 2.88. The second kappa shape index (κ2) is 4.69. The Hall–Kier alpha value is -1.42. The largest absolute Gasteiger partial charge is 0.459 e. The Morgan fingerprint density at radius 2 is 2.17 bits per heavy atom. The number of nitrogens with one attached hydrogen (secondary N) is 1. The maximum absolute atomic E-state index is 13.2. The van der Waals surface area contributed by atoms with E-state index in [0.29, 0.717) is 6.54 Å². The molecule has 3 nitrogen and oxygen atoms in total. The van der Waals surface area contributed by atoms with Crippen LogP contribution < -0.4 is 5.32 Å². The first-order valence-electron chi connectivity index (χ1n) is 6.11. The molecule has 1 aromatic carbocycles. The predicted molar refractivity (Wildman–Crippen MR) is 66.7 cm³/mol. The molecule has 0 saturated carbocycles. The monoisotopic (exact) mass is 251 g/mol. The number of carbonyl (C=O) groups excluding carboxylic acids is 1. The normalized spacial score (nSPS) is 19.2. The minimum atomic E-state index is -0.517. The molecule has 0 fully saturated rings. The van der Waals surface area contributed by atoms with Crippen molar-refractivity contribution in [2.45, 2.75) is 38.8 Å². The van der Waals surface area contributed by atoms with Crippen molar-refractivity contribution < 1.29 is 13.9 Å². The first kappa shape index (κ1) is 13.0. The SMILES string of the molecule is CC(C)(C)OC(=O)[C@H]1NCCc2cc(F)ccc21. The van der Waals surface area contributed by atoms with Crippen molar-refractivity contribution >= 4 is 5.97 Å². The third-order valence-electron chi connectivity index (χ3n) is 2.80. The number of benzene rings is 1. The van der Waals surface area contributed by atoms with Crippen LogP contribution in [0.3, 0.4) is 0 Å². The van der Waals surface area contributed by atoms with Crippen LogP contribution in [0.4, 0.5) is 4.39 Å². The van der Waals surface area contributed by atoms with Crippen LogP contribution in [0.2, 0.25) is 0 Å². The molecule has 0 bridgehead atoms. The molecule has 1 heterocycles. The van der Waals surface area contributed by atoms with Gasteiger partial charge < -0.3 is 10.1 Å². The lowest BCUT2D eigenvalue weighted by Gasteiger charge is -2.28. The quantitative estimate of drug-likeness (QED) is 0.779. The standard InChI is InChI=1S/C14H18FNO2/c1-14(2,3)18-13(17)12-11-5-4-10(15)8-9(11)6-7-16-12/h4-5,8,12,16H,6-7H2,1-3H3/t12-/m0/s1. The molecule has 4 heteroatoms. The average molecular weight is 251 g/mol. The number of rotatable bonds is 1. The summed E-state index contributed by atoms with van der Waals surface area (Å²) in [6.07, 6.45) is 0.729. The zero-order chi connectivity index (χ0) is 13.3. The van der Waals surface area contributed by atoms with Crippen molar-refractivity contribution in [1.82, 2.24) is 5.32 Å². The number of fused-ring (bicyclic) bond motifs is 1. The van der Waals surface area contributed by atoms with Gasteiger partial charge in [-0.15, -0.1) is 0 Å². The molecule has 0 saturated heterocycles. The molecule has 0 aromatic heterocycles. The summed E-state index contributed by atoms with van der Waals surface area (Å²) in [6, 6.07) is 4.04. The van der Waals surface area contributed by atoms with E-state index in [1.807, 2.05) is 20.8 Å². The summed E-state index contributed by atoms with van der Waals surface area (Å²) in [7, 11) is 0. The maximum Gasteiger partial charge on any atom is 0.328 e. The molecule has 1 N–H and O–H groups in total. The molecule has 1 aromatic rings. The number of hydrogen-bond donors (Lipinski definition) is 1. The van der Waals surface area contributed by atoms with Gasteiger partial charge in [0, 0.05) is 6.54 Å². The Morgan fingerprint density at radius 1 is 1.44 bits per heavy atom.